The molecule has 1 aliphatic rings. The number of hydrogen-bond donors (Lipinski definition) is 2. The van der Waals surface area contributed by atoms with Gasteiger partial charge in [0.15, 0.2) is 5.11 Å². The summed E-state index contributed by atoms with van der Waals surface area (Å²) in [5.74, 6) is 0.373. The average Bonchev–Trinajstić information content (AvgIpc) is 2.90. The highest BCUT2D eigenvalue weighted by atomic mass is 35.5. The van der Waals surface area contributed by atoms with Crippen LogP contribution in [-0.4, -0.2) is 34.9 Å². The number of carbonyl (C=O) groups excluding carboxylic acids is 1. The van der Waals surface area contributed by atoms with Gasteiger partial charge in [-0.2, -0.15) is 0 Å². The van der Waals surface area contributed by atoms with Crippen molar-refractivity contribution in [2.24, 2.45) is 4.99 Å². The number of nitrogens with zero attached hydrogens (tertiary/aromatic N) is 3. The van der Waals surface area contributed by atoms with Crippen LogP contribution in [0.25, 0.3) is 0 Å². The molecule has 1 aliphatic heterocycles. The van der Waals surface area contributed by atoms with Gasteiger partial charge in [0.25, 0.3) is 5.91 Å². The first-order chi connectivity index (χ1) is 15.5. The van der Waals surface area contributed by atoms with E-state index in [4.69, 9.17) is 28.8 Å². The fourth-order valence-corrected chi connectivity index (χ4v) is 3.89. The molecule has 1 amide bonds. The minimum absolute atomic E-state index is 0.237. The SMILES string of the molecule is CCc1ccnc(NC(=S)NC2N=C(c3ccccc3)c3cc(Cl)ccc3N(C)C2=O)c1. The Morgan fingerprint density at radius 1 is 1.16 bits per heavy atom. The molecule has 2 N–H and O–H groups in total. The largest absolute Gasteiger partial charge is 0.333 e. The maximum atomic E-state index is 13.3. The highest BCUT2D eigenvalue weighted by molar-refractivity contribution is 7.80. The number of hydrogen-bond acceptors (Lipinski definition) is 4. The van der Waals surface area contributed by atoms with Crippen molar-refractivity contribution in [3.8, 4) is 0 Å². The van der Waals surface area contributed by atoms with E-state index in [1.807, 2.05) is 54.6 Å². The molecule has 2 heterocycles. The van der Waals surface area contributed by atoms with Crippen LogP contribution in [0.2, 0.25) is 5.02 Å². The lowest BCUT2D eigenvalue weighted by Crippen LogP contribution is -2.47. The van der Waals surface area contributed by atoms with Crippen molar-refractivity contribution in [2.75, 3.05) is 17.3 Å². The Morgan fingerprint density at radius 3 is 2.69 bits per heavy atom. The minimum atomic E-state index is -0.921. The molecule has 1 atom stereocenters. The van der Waals surface area contributed by atoms with Crippen molar-refractivity contribution in [2.45, 2.75) is 19.5 Å². The Morgan fingerprint density at radius 2 is 1.94 bits per heavy atom. The third kappa shape index (κ3) is 4.64. The number of thiocarbonyl (C=S) groups is 1. The molecule has 6 nitrogen and oxygen atoms in total. The number of rotatable bonds is 4. The molecular formula is C24H22ClN5OS. The molecule has 0 spiro atoms. The first kappa shape index (κ1) is 21.9. The maximum absolute atomic E-state index is 13.3. The van der Waals surface area contributed by atoms with E-state index in [2.05, 4.69) is 22.5 Å². The lowest BCUT2D eigenvalue weighted by atomic mass is 10.0. The molecule has 4 rings (SSSR count). The number of pyridine rings is 1. The van der Waals surface area contributed by atoms with Crippen LogP contribution in [-0.2, 0) is 11.2 Å². The first-order valence-corrected chi connectivity index (χ1v) is 11.0. The number of nitrogens with one attached hydrogen (secondary N) is 2. The second-order valence-corrected chi connectivity index (χ2v) is 8.15. The predicted octanol–water partition coefficient (Wildman–Crippen LogP) is 4.42. The molecule has 0 saturated carbocycles. The van der Waals surface area contributed by atoms with Gasteiger partial charge in [0, 0.05) is 29.4 Å². The van der Waals surface area contributed by atoms with Crippen molar-refractivity contribution in [1.82, 2.24) is 10.3 Å². The molecule has 162 valence electrons. The zero-order chi connectivity index (χ0) is 22.7. The van der Waals surface area contributed by atoms with Gasteiger partial charge in [0.2, 0.25) is 6.17 Å². The van der Waals surface area contributed by atoms with Crippen LogP contribution in [0.15, 0.2) is 71.9 Å². The standard InChI is InChI=1S/C24H22ClN5OS/c1-3-15-11-12-26-20(13-15)27-24(32)29-22-23(31)30(2)19-10-9-17(25)14-18(19)21(28-22)16-7-5-4-6-8-16/h4-14,22H,3H2,1-2H3,(H2,26,27,29,32). The topological polar surface area (TPSA) is 69.6 Å². The molecule has 3 aromatic rings. The molecule has 2 aromatic carbocycles. The number of aromatic nitrogens is 1. The summed E-state index contributed by atoms with van der Waals surface area (Å²) in [6, 6.07) is 19.0. The number of benzodiazepines with no additional fused rings is 1. The summed E-state index contributed by atoms with van der Waals surface area (Å²) in [7, 11) is 1.72. The lowest BCUT2D eigenvalue weighted by molar-refractivity contribution is -0.119. The number of amides is 1. The van der Waals surface area contributed by atoms with E-state index in [0.717, 1.165) is 28.8 Å². The Labute approximate surface area is 197 Å². The van der Waals surface area contributed by atoms with Crippen molar-refractivity contribution in [3.05, 3.63) is 88.6 Å². The fraction of sp³-hybridized carbons (Fsp3) is 0.167. The van der Waals surface area contributed by atoms with Gasteiger partial charge < -0.3 is 15.5 Å². The summed E-state index contributed by atoms with van der Waals surface area (Å²) in [5.41, 5.74) is 4.17. The summed E-state index contributed by atoms with van der Waals surface area (Å²) in [6.45, 7) is 2.07. The number of aryl methyl sites for hydroxylation is 1. The zero-order valence-electron chi connectivity index (χ0n) is 17.7. The van der Waals surface area contributed by atoms with Gasteiger partial charge in [-0.1, -0.05) is 48.9 Å². The Balaban J connectivity index is 1.69. The van der Waals surface area contributed by atoms with Crippen LogP contribution in [0, 0.1) is 0 Å². The van der Waals surface area contributed by atoms with E-state index in [1.54, 1.807) is 24.2 Å². The predicted molar refractivity (Wildman–Crippen MR) is 134 cm³/mol. The molecule has 32 heavy (non-hydrogen) atoms. The van der Waals surface area contributed by atoms with E-state index in [0.29, 0.717) is 16.6 Å². The molecule has 0 fully saturated rings. The van der Waals surface area contributed by atoms with E-state index < -0.39 is 6.17 Å². The summed E-state index contributed by atoms with van der Waals surface area (Å²) in [6.07, 6.45) is 1.69. The van der Waals surface area contributed by atoms with Gasteiger partial charge >= 0.3 is 0 Å². The number of anilines is 2. The van der Waals surface area contributed by atoms with Crippen LogP contribution in [0.1, 0.15) is 23.6 Å². The van der Waals surface area contributed by atoms with Crippen molar-refractivity contribution in [3.63, 3.8) is 0 Å². The zero-order valence-corrected chi connectivity index (χ0v) is 19.2. The van der Waals surface area contributed by atoms with Gasteiger partial charge in [-0.25, -0.2) is 9.98 Å². The van der Waals surface area contributed by atoms with Crippen molar-refractivity contribution < 1.29 is 4.79 Å². The Kier molecular flexibility index (Phi) is 6.48. The maximum Gasteiger partial charge on any atom is 0.272 e. The molecule has 8 heteroatoms. The van der Waals surface area contributed by atoms with E-state index in [9.17, 15) is 4.79 Å². The lowest BCUT2D eigenvalue weighted by Gasteiger charge is -2.22. The van der Waals surface area contributed by atoms with Gasteiger partial charge in [-0.05, 0) is 54.5 Å². The first-order valence-electron chi connectivity index (χ1n) is 10.2. The molecule has 0 saturated heterocycles. The van der Waals surface area contributed by atoms with Crippen LogP contribution < -0.4 is 15.5 Å². The number of likely N-dealkylation sites (N-methyl/N-ethyl adjacent to an activating group) is 1. The van der Waals surface area contributed by atoms with Crippen LogP contribution >= 0.6 is 23.8 Å². The second-order valence-electron chi connectivity index (χ2n) is 7.31. The Bertz CT molecular complexity index is 1200. The molecule has 1 unspecified atom stereocenters. The number of aliphatic imine (C=N–C) groups is 1. The van der Waals surface area contributed by atoms with Crippen LogP contribution in [0.3, 0.4) is 0 Å². The normalized spacial score (nSPS) is 15.5. The van der Waals surface area contributed by atoms with Gasteiger partial charge in [0.05, 0.1) is 11.4 Å². The molecule has 0 radical (unpaired) electrons. The highest BCUT2D eigenvalue weighted by Gasteiger charge is 2.30. The summed E-state index contributed by atoms with van der Waals surface area (Å²) < 4.78 is 0. The monoisotopic (exact) mass is 463 g/mol. The third-order valence-corrected chi connectivity index (χ3v) is 5.64. The van der Waals surface area contributed by atoms with E-state index >= 15 is 0 Å². The molecular weight excluding hydrogens is 442 g/mol. The van der Waals surface area contributed by atoms with Crippen LogP contribution in [0.4, 0.5) is 11.5 Å². The molecule has 0 aliphatic carbocycles. The molecule has 1 aromatic heterocycles. The number of fused-ring (bicyclic) bond motifs is 1. The summed E-state index contributed by atoms with van der Waals surface area (Å²) >= 11 is 11.8. The third-order valence-electron chi connectivity index (χ3n) is 5.19. The van der Waals surface area contributed by atoms with Gasteiger partial charge in [-0.3, -0.25) is 4.79 Å². The number of benzene rings is 2. The van der Waals surface area contributed by atoms with Crippen molar-refractivity contribution >= 4 is 52.1 Å². The minimum Gasteiger partial charge on any atom is -0.333 e. The van der Waals surface area contributed by atoms with E-state index in [-0.39, 0.29) is 11.0 Å². The second kappa shape index (κ2) is 9.46. The number of halogens is 1. The fourth-order valence-electron chi connectivity index (χ4n) is 3.51. The molecule has 0 bridgehead atoms. The summed E-state index contributed by atoms with van der Waals surface area (Å²) in [4.78, 5) is 23.9. The summed E-state index contributed by atoms with van der Waals surface area (Å²) in [5, 5.41) is 6.93. The number of carbonyl (C=O) groups is 1. The average molecular weight is 464 g/mol. The van der Waals surface area contributed by atoms with Crippen LogP contribution in [0.5, 0.6) is 0 Å². The van der Waals surface area contributed by atoms with E-state index in [1.165, 1.54) is 0 Å². The quantitative estimate of drug-likeness (QED) is 0.560. The highest BCUT2D eigenvalue weighted by Crippen LogP contribution is 2.29. The van der Waals surface area contributed by atoms with Crippen molar-refractivity contribution in [1.29, 1.82) is 0 Å². The smallest absolute Gasteiger partial charge is 0.272 e. The Hall–Kier alpha value is -3.29. The van der Waals surface area contributed by atoms with Gasteiger partial charge in [0.1, 0.15) is 5.82 Å². The van der Waals surface area contributed by atoms with Gasteiger partial charge in [-0.15, -0.1) is 0 Å².